The maximum absolute atomic E-state index is 13.9. The molecule has 2 aromatic heterocycles. The van der Waals surface area contributed by atoms with Crippen LogP contribution in [0.3, 0.4) is 0 Å². The smallest absolute Gasteiger partial charge is 0.336 e. The number of nitrogens with zero attached hydrogens (tertiary/aromatic N) is 6. The molecule has 4 aromatic rings. The van der Waals surface area contributed by atoms with Crippen molar-refractivity contribution in [2.45, 2.75) is 44.9 Å². The van der Waals surface area contributed by atoms with Gasteiger partial charge in [-0.05, 0) is 47.9 Å². The molecule has 1 atom stereocenters. The van der Waals surface area contributed by atoms with Gasteiger partial charge in [0.05, 0.1) is 34.8 Å². The third-order valence-corrected chi connectivity index (χ3v) is 8.02. The summed E-state index contributed by atoms with van der Waals surface area (Å²) in [4.78, 5) is 30.0. The average molecular weight is 563 g/mol. The Morgan fingerprint density at radius 1 is 1.07 bits per heavy atom. The highest BCUT2D eigenvalue weighted by Crippen LogP contribution is 2.38. The first-order chi connectivity index (χ1) is 19.6. The van der Waals surface area contributed by atoms with Crippen molar-refractivity contribution in [3.8, 4) is 5.69 Å². The number of hydrogen-bond acceptors (Lipinski definition) is 4. The van der Waals surface area contributed by atoms with Crippen molar-refractivity contribution in [2.75, 3.05) is 19.6 Å². The largest absolute Gasteiger partial charge is 0.505 e. The van der Waals surface area contributed by atoms with Crippen LogP contribution in [0.5, 0.6) is 0 Å². The first kappa shape index (κ1) is 26.8. The summed E-state index contributed by atoms with van der Waals surface area (Å²) in [6.45, 7) is 8.97. The zero-order valence-electron chi connectivity index (χ0n) is 22.7. The Morgan fingerprint density at radius 3 is 2.51 bits per heavy atom. The monoisotopic (exact) mass is 562 g/mol. The molecule has 11 heteroatoms. The molecule has 2 aromatic carbocycles. The quantitative estimate of drug-likeness (QED) is 0.323. The summed E-state index contributed by atoms with van der Waals surface area (Å²) in [5.74, 6) is -0.154. The fraction of sp³-hybridized carbons (Fsp3) is 0.333. The number of amides is 2. The highest BCUT2D eigenvalue weighted by atomic mass is 19.4. The van der Waals surface area contributed by atoms with Crippen molar-refractivity contribution >= 4 is 22.7 Å². The lowest BCUT2D eigenvalue weighted by molar-refractivity contribution is -0.209. The van der Waals surface area contributed by atoms with Crippen molar-refractivity contribution in [3.05, 3.63) is 89.4 Å². The van der Waals surface area contributed by atoms with E-state index >= 15 is 0 Å². The molecule has 8 nitrogen and oxygen atoms in total. The van der Waals surface area contributed by atoms with E-state index in [9.17, 15) is 22.8 Å². The van der Waals surface area contributed by atoms with Gasteiger partial charge in [0, 0.05) is 49.0 Å². The third kappa shape index (κ3) is 4.58. The zero-order chi connectivity index (χ0) is 29.1. The Bertz CT molecular complexity index is 1670. The molecule has 41 heavy (non-hydrogen) atoms. The maximum Gasteiger partial charge on any atom is 0.505 e. The summed E-state index contributed by atoms with van der Waals surface area (Å²) in [7, 11) is 0. The van der Waals surface area contributed by atoms with Crippen LogP contribution >= 0.6 is 0 Å². The Labute approximate surface area is 234 Å². The topological polar surface area (TPSA) is 76.3 Å². The molecule has 0 saturated carbocycles. The molecule has 6 rings (SSSR count). The number of aromatic nitrogens is 4. The number of hydrogen-bond donors (Lipinski definition) is 0. The van der Waals surface area contributed by atoms with Gasteiger partial charge in [0.15, 0.2) is 0 Å². The minimum atomic E-state index is -4.66. The zero-order valence-corrected chi connectivity index (χ0v) is 22.7. The third-order valence-electron chi connectivity index (χ3n) is 8.02. The summed E-state index contributed by atoms with van der Waals surface area (Å²) in [5.41, 5.74) is 5.05. The van der Waals surface area contributed by atoms with E-state index < -0.39 is 12.3 Å². The summed E-state index contributed by atoms with van der Waals surface area (Å²) < 4.78 is 41.9. The predicted molar refractivity (Wildman–Crippen MR) is 147 cm³/mol. The molecular formula is C30H29F3N6O2. The van der Waals surface area contributed by atoms with Gasteiger partial charge in [0.1, 0.15) is 0 Å². The van der Waals surface area contributed by atoms with Crippen LogP contribution in [0.15, 0.2) is 61.3 Å². The highest BCUT2D eigenvalue weighted by Gasteiger charge is 2.40. The fourth-order valence-corrected chi connectivity index (χ4v) is 5.91. The molecule has 0 N–H and O–H groups in total. The second-order valence-electron chi connectivity index (χ2n) is 10.8. The summed E-state index contributed by atoms with van der Waals surface area (Å²) in [6.07, 6.45) is -1.22. The molecule has 2 aliphatic heterocycles. The summed E-state index contributed by atoms with van der Waals surface area (Å²) in [5, 5.41) is 8.64. The van der Waals surface area contributed by atoms with E-state index in [1.54, 1.807) is 9.80 Å². The summed E-state index contributed by atoms with van der Waals surface area (Å²) >= 11 is 0. The van der Waals surface area contributed by atoms with Gasteiger partial charge < -0.3 is 9.80 Å². The number of halogens is 3. The van der Waals surface area contributed by atoms with Gasteiger partial charge in [-0.1, -0.05) is 32.6 Å². The van der Waals surface area contributed by atoms with Crippen LogP contribution in [0, 0.1) is 0 Å². The van der Waals surface area contributed by atoms with Crippen LogP contribution in [-0.2, 0) is 23.9 Å². The van der Waals surface area contributed by atoms with E-state index in [1.165, 1.54) is 29.8 Å². The van der Waals surface area contributed by atoms with Crippen LogP contribution in [0.2, 0.25) is 0 Å². The molecule has 0 aliphatic carbocycles. The van der Waals surface area contributed by atoms with Crippen LogP contribution in [0.25, 0.3) is 16.6 Å². The van der Waals surface area contributed by atoms with Gasteiger partial charge in [-0.25, -0.2) is 4.68 Å². The van der Waals surface area contributed by atoms with Crippen LogP contribution in [0.1, 0.15) is 58.7 Å². The molecule has 212 valence electrons. The number of carbonyl (C=O) groups is 2. The van der Waals surface area contributed by atoms with Crippen molar-refractivity contribution in [1.29, 1.82) is 0 Å². The fourth-order valence-electron chi connectivity index (χ4n) is 5.91. The summed E-state index contributed by atoms with van der Waals surface area (Å²) in [6, 6.07) is 11.9. The van der Waals surface area contributed by atoms with E-state index in [2.05, 4.69) is 49.8 Å². The van der Waals surface area contributed by atoms with Crippen LogP contribution in [-0.4, -0.2) is 60.8 Å². The molecule has 2 amide bonds. The lowest BCUT2D eigenvalue weighted by Crippen LogP contribution is -2.45. The van der Waals surface area contributed by atoms with E-state index in [-0.39, 0.29) is 39.5 Å². The number of alkyl halides is 3. The average Bonchev–Trinajstić information content (AvgIpc) is 3.50. The number of fused-ring (bicyclic) bond motifs is 1. The van der Waals surface area contributed by atoms with Crippen molar-refractivity contribution in [2.24, 2.45) is 0 Å². The van der Waals surface area contributed by atoms with Gasteiger partial charge in [0.25, 0.3) is 5.91 Å². The van der Waals surface area contributed by atoms with Gasteiger partial charge in [0.2, 0.25) is 5.91 Å². The van der Waals surface area contributed by atoms with Crippen LogP contribution < -0.4 is 0 Å². The second-order valence-corrected chi connectivity index (χ2v) is 10.8. The molecule has 0 radical (unpaired) electrons. The number of benzene rings is 2. The van der Waals surface area contributed by atoms with Gasteiger partial charge in [-0.2, -0.15) is 14.9 Å². The molecule has 2 aliphatic rings. The highest BCUT2D eigenvalue weighted by molar-refractivity contribution is 5.98. The molecule has 0 saturated heterocycles. The van der Waals surface area contributed by atoms with E-state index in [0.717, 1.165) is 28.8 Å². The Morgan fingerprint density at radius 2 is 1.83 bits per heavy atom. The molecule has 0 bridgehead atoms. The van der Waals surface area contributed by atoms with Crippen molar-refractivity contribution in [3.63, 3.8) is 0 Å². The molecule has 4 heterocycles. The van der Waals surface area contributed by atoms with Crippen molar-refractivity contribution in [1.82, 2.24) is 29.4 Å². The maximum atomic E-state index is 13.9. The predicted octanol–water partition coefficient (Wildman–Crippen LogP) is 5.13. The van der Waals surface area contributed by atoms with Crippen molar-refractivity contribution < 1.29 is 22.8 Å². The van der Waals surface area contributed by atoms with E-state index in [4.69, 9.17) is 5.10 Å². The first-order valence-corrected chi connectivity index (χ1v) is 13.5. The minimum Gasteiger partial charge on any atom is -0.336 e. The van der Waals surface area contributed by atoms with Gasteiger partial charge >= 0.3 is 6.30 Å². The van der Waals surface area contributed by atoms with Crippen LogP contribution in [0.4, 0.5) is 13.2 Å². The Hall–Kier alpha value is -4.41. The number of carbonyl (C=O) groups excluding carboxylic acids is 2. The molecule has 0 fully saturated rings. The van der Waals surface area contributed by atoms with Gasteiger partial charge in [-0.15, -0.1) is 13.2 Å². The molecular weight excluding hydrogens is 533 g/mol. The standard InChI is InChI=1S/C30H29F3N6O2/c1-4-27(40)36-13-11-23-28-25(38(35-23)22-8-5-19(6-9-22)18(2)3)12-14-37(26(28)17-36)29(41)20-7-10-24-21(15-20)16-34-39(24)30(31,32)33/h4-10,15-16,18,26H,1,11-14,17H2,2-3H3/t26-/m1/s1. The molecule has 0 unspecified atom stereocenters. The molecule has 0 spiro atoms. The lowest BCUT2D eigenvalue weighted by atomic mass is 9.94. The Kier molecular flexibility index (Phi) is 6.47. The normalized spacial score (nSPS) is 17.1. The minimum absolute atomic E-state index is 0.0117. The lowest BCUT2D eigenvalue weighted by Gasteiger charge is -2.38. The Balaban J connectivity index is 1.40. The van der Waals surface area contributed by atoms with E-state index in [1.807, 2.05) is 4.68 Å². The first-order valence-electron chi connectivity index (χ1n) is 13.5. The van der Waals surface area contributed by atoms with E-state index in [0.29, 0.717) is 31.8 Å². The second kappa shape index (κ2) is 9.90. The number of rotatable bonds is 4. The SMILES string of the molecule is C=CC(=O)N1CCc2nn(-c3ccc(C(C)C)cc3)c3c2[C@@H](C1)N(C(=O)c1ccc2c(cnn2C(F)(F)F)c1)CC3. The van der Waals surface area contributed by atoms with Gasteiger partial charge in [-0.3, -0.25) is 9.59 Å².